The molecule has 1 amide bonds. The van der Waals surface area contributed by atoms with E-state index in [1.807, 2.05) is 0 Å². The van der Waals surface area contributed by atoms with Crippen molar-refractivity contribution in [2.24, 2.45) is 0 Å². The molecule has 3 rings (SSSR count). The molecule has 0 unspecified atom stereocenters. The van der Waals surface area contributed by atoms with Crippen LogP contribution in [0.4, 0.5) is 32.0 Å². The first-order valence-electron chi connectivity index (χ1n) is 9.98. The van der Waals surface area contributed by atoms with Crippen molar-refractivity contribution in [3.8, 4) is 0 Å². The largest absolute Gasteiger partial charge is 0.433 e. The molecule has 0 saturated heterocycles. The minimum absolute atomic E-state index is 0.0841. The monoisotopic (exact) mass is 535 g/mol. The number of anilines is 1. The molecular formula is C23H17Cl2F6N3O. The topological polar surface area (TPSA) is 45.2 Å². The van der Waals surface area contributed by atoms with Crippen molar-refractivity contribution >= 4 is 34.8 Å². The number of nitrogens with zero attached hydrogens (tertiary/aromatic N) is 2. The van der Waals surface area contributed by atoms with Crippen LogP contribution >= 0.6 is 23.2 Å². The predicted octanol–water partition coefficient (Wildman–Crippen LogP) is 6.91. The molecule has 0 saturated carbocycles. The van der Waals surface area contributed by atoms with Crippen molar-refractivity contribution < 1.29 is 31.1 Å². The molecule has 4 nitrogen and oxygen atoms in total. The zero-order valence-corrected chi connectivity index (χ0v) is 19.2. The summed E-state index contributed by atoms with van der Waals surface area (Å²) < 4.78 is 77.4. The Morgan fingerprint density at radius 1 is 0.943 bits per heavy atom. The zero-order valence-electron chi connectivity index (χ0n) is 17.7. The van der Waals surface area contributed by atoms with E-state index >= 15 is 0 Å². The van der Waals surface area contributed by atoms with E-state index in [1.54, 1.807) is 12.1 Å². The second-order valence-corrected chi connectivity index (χ2v) is 8.25. The molecule has 3 aromatic rings. The van der Waals surface area contributed by atoms with Gasteiger partial charge in [0.2, 0.25) is 0 Å². The highest BCUT2D eigenvalue weighted by Gasteiger charge is 2.32. The Balaban J connectivity index is 1.70. The minimum atomic E-state index is -4.57. The summed E-state index contributed by atoms with van der Waals surface area (Å²) in [5.74, 6) is -0.559. The van der Waals surface area contributed by atoms with Gasteiger partial charge in [0.05, 0.1) is 10.0 Å². The third-order valence-electron chi connectivity index (χ3n) is 4.83. The van der Waals surface area contributed by atoms with Gasteiger partial charge in [-0.2, -0.15) is 26.3 Å². The van der Waals surface area contributed by atoms with Crippen molar-refractivity contribution in [3.63, 3.8) is 0 Å². The highest BCUT2D eigenvalue weighted by atomic mass is 35.5. The van der Waals surface area contributed by atoms with Gasteiger partial charge in [-0.05, 0) is 47.5 Å². The van der Waals surface area contributed by atoms with Crippen LogP contribution in [-0.2, 0) is 19.3 Å². The van der Waals surface area contributed by atoms with Crippen LogP contribution in [-0.4, -0.2) is 23.6 Å². The number of alkyl halides is 6. The smallest absolute Gasteiger partial charge is 0.358 e. The van der Waals surface area contributed by atoms with Gasteiger partial charge in [-0.15, -0.1) is 0 Å². The molecule has 35 heavy (non-hydrogen) atoms. The molecule has 0 aliphatic heterocycles. The van der Waals surface area contributed by atoms with Crippen molar-refractivity contribution in [1.82, 2.24) is 10.3 Å². The Kier molecular flexibility index (Phi) is 8.17. The molecule has 1 aromatic heterocycles. The van der Waals surface area contributed by atoms with Crippen LogP contribution in [0.5, 0.6) is 0 Å². The first-order chi connectivity index (χ1) is 16.3. The lowest BCUT2D eigenvalue weighted by molar-refractivity contribution is -0.141. The molecule has 1 N–H and O–H groups in total. The van der Waals surface area contributed by atoms with E-state index in [2.05, 4.69) is 10.3 Å². The van der Waals surface area contributed by atoms with Gasteiger partial charge in [-0.1, -0.05) is 41.4 Å². The van der Waals surface area contributed by atoms with Gasteiger partial charge in [-0.25, -0.2) is 0 Å². The molecule has 0 radical (unpaired) electrons. The maximum absolute atomic E-state index is 13.2. The molecule has 0 fully saturated rings. The number of carbonyl (C=O) groups is 1. The lowest BCUT2D eigenvalue weighted by Crippen LogP contribution is -2.34. The molecule has 1 heterocycles. The number of amides is 1. The summed E-state index contributed by atoms with van der Waals surface area (Å²) in [6.45, 7) is -1.52. The van der Waals surface area contributed by atoms with E-state index in [0.29, 0.717) is 11.1 Å². The van der Waals surface area contributed by atoms with Gasteiger partial charge in [0.1, 0.15) is 12.2 Å². The Hall–Kier alpha value is -2.98. The van der Waals surface area contributed by atoms with Crippen LogP contribution in [0.15, 0.2) is 60.8 Å². The predicted molar refractivity (Wildman–Crippen MR) is 120 cm³/mol. The first-order valence-corrected chi connectivity index (χ1v) is 10.7. The fraction of sp³-hybridized carbons (Fsp3) is 0.217. The van der Waals surface area contributed by atoms with Crippen LogP contribution in [0.2, 0.25) is 10.0 Å². The minimum Gasteiger partial charge on any atom is -0.358 e. The normalized spacial score (nSPS) is 11.9. The second-order valence-electron chi connectivity index (χ2n) is 7.46. The lowest BCUT2D eigenvalue weighted by Gasteiger charge is -2.27. The number of carbonyl (C=O) groups excluding carboxylic acids is 1. The van der Waals surface area contributed by atoms with Gasteiger partial charge in [0.15, 0.2) is 0 Å². The van der Waals surface area contributed by atoms with Crippen molar-refractivity contribution in [2.45, 2.75) is 25.4 Å². The second kappa shape index (κ2) is 10.7. The number of pyridine rings is 1. The van der Waals surface area contributed by atoms with Crippen LogP contribution < -0.4 is 10.2 Å². The Labute approximate surface area is 206 Å². The van der Waals surface area contributed by atoms with Crippen LogP contribution in [0, 0.1) is 0 Å². The molecule has 0 aliphatic rings. The molecule has 2 aromatic carbocycles. The van der Waals surface area contributed by atoms with E-state index in [-0.39, 0.29) is 34.4 Å². The summed E-state index contributed by atoms with van der Waals surface area (Å²) >= 11 is 12.1. The number of nitrogens with one attached hydrogen (secondary N) is 1. The summed E-state index contributed by atoms with van der Waals surface area (Å²) in [6.07, 6.45) is -8.07. The molecule has 12 heteroatoms. The molecule has 0 aliphatic carbocycles. The number of aromatic nitrogens is 1. The van der Waals surface area contributed by atoms with Gasteiger partial charge in [-0.3, -0.25) is 9.78 Å². The van der Waals surface area contributed by atoms with Crippen LogP contribution in [0.1, 0.15) is 27.2 Å². The van der Waals surface area contributed by atoms with Gasteiger partial charge in [0, 0.05) is 30.5 Å². The number of halogens is 8. The lowest BCUT2D eigenvalue weighted by atomic mass is 10.1. The molecule has 186 valence electrons. The molecular weight excluding hydrogens is 519 g/mol. The molecule has 0 spiro atoms. The summed E-state index contributed by atoms with van der Waals surface area (Å²) in [6, 6.07) is 12.1. The van der Waals surface area contributed by atoms with Gasteiger partial charge in [0.25, 0.3) is 5.91 Å². The van der Waals surface area contributed by atoms with E-state index in [4.69, 9.17) is 23.2 Å². The highest BCUT2D eigenvalue weighted by molar-refractivity contribution is 6.42. The number of benzene rings is 2. The Bertz CT molecular complexity index is 1170. The zero-order chi connectivity index (χ0) is 25.8. The van der Waals surface area contributed by atoms with Gasteiger partial charge < -0.3 is 10.2 Å². The van der Waals surface area contributed by atoms with Crippen molar-refractivity contribution in [3.05, 3.63) is 93.2 Å². The maximum atomic E-state index is 13.2. The van der Waals surface area contributed by atoms with E-state index < -0.39 is 30.5 Å². The summed E-state index contributed by atoms with van der Waals surface area (Å²) in [5, 5.41) is 2.89. The Morgan fingerprint density at radius 2 is 1.63 bits per heavy atom. The number of rotatable bonds is 7. The van der Waals surface area contributed by atoms with E-state index in [9.17, 15) is 31.1 Å². The number of hydrogen-bond acceptors (Lipinski definition) is 3. The van der Waals surface area contributed by atoms with Crippen LogP contribution in [0.3, 0.4) is 0 Å². The van der Waals surface area contributed by atoms with E-state index in [0.717, 1.165) is 17.2 Å². The van der Waals surface area contributed by atoms with Crippen LogP contribution in [0.25, 0.3) is 0 Å². The average Bonchev–Trinajstić information content (AvgIpc) is 2.79. The van der Waals surface area contributed by atoms with Crippen molar-refractivity contribution in [2.75, 3.05) is 11.4 Å². The quantitative estimate of drug-likeness (QED) is 0.334. The third-order valence-corrected chi connectivity index (χ3v) is 5.68. The molecule has 0 atom stereocenters. The average molecular weight is 536 g/mol. The highest BCUT2D eigenvalue weighted by Crippen LogP contribution is 2.30. The number of hydrogen-bond donors (Lipinski definition) is 1. The van der Waals surface area contributed by atoms with Gasteiger partial charge >= 0.3 is 12.4 Å². The SMILES string of the molecule is O=C(NCc1ccc(C(F)(F)F)nc1)c1ccc(N(Cc2cccc(Cl)c2Cl)CC(F)(F)F)cc1. The summed E-state index contributed by atoms with van der Waals surface area (Å²) in [4.78, 5) is 16.8. The van der Waals surface area contributed by atoms with Crippen molar-refractivity contribution in [1.29, 1.82) is 0 Å². The first kappa shape index (κ1) is 26.6. The third kappa shape index (κ3) is 7.50. The Morgan fingerprint density at radius 3 is 2.20 bits per heavy atom. The summed E-state index contributed by atoms with van der Waals surface area (Å²) in [5.41, 5.74) is 0.0435. The maximum Gasteiger partial charge on any atom is 0.433 e. The van der Waals surface area contributed by atoms with E-state index in [1.165, 1.54) is 36.4 Å². The fourth-order valence-corrected chi connectivity index (χ4v) is 3.52. The standard InChI is InChI=1S/C23H17Cl2F6N3O/c24-18-3-1-2-16(20(18)25)12-34(13-22(26,27)28)17-7-5-15(6-8-17)21(35)33-11-14-4-9-19(32-10-14)23(29,30)31/h1-10H,11-13H2,(H,33,35). The molecule has 0 bridgehead atoms. The fourth-order valence-electron chi connectivity index (χ4n) is 3.14. The summed E-state index contributed by atoms with van der Waals surface area (Å²) in [7, 11) is 0.